The fourth-order valence-corrected chi connectivity index (χ4v) is 15.1. The number of nitrogens with zero attached hydrogens (tertiary/aromatic N) is 2. The van der Waals surface area contributed by atoms with Gasteiger partial charge in [0.15, 0.2) is 0 Å². The molecule has 0 bridgehead atoms. The van der Waals surface area contributed by atoms with Crippen LogP contribution in [-0.2, 0) is 16.2 Å². The number of hydrogen-bond acceptors (Lipinski definition) is 4. The quantitative estimate of drug-likeness (QED) is 0.162. The van der Waals surface area contributed by atoms with Crippen molar-refractivity contribution in [3.63, 3.8) is 0 Å². The van der Waals surface area contributed by atoms with E-state index in [1.54, 1.807) is 0 Å². The smallest absolute Gasteiger partial charge is 0.343 e. The first-order valence-corrected chi connectivity index (χ1v) is 27.4. The van der Waals surface area contributed by atoms with E-state index in [0.29, 0.717) is 0 Å². The Morgan fingerprint density at radius 2 is 1.10 bits per heavy atom. The summed E-state index contributed by atoms with van der Waals surface area (Å²) < 4.78 is 5.40. The summed E-state index contributed by atoms with van der Waals surface area (Å²) in [5.74, 6) is 0. The molecule has 2 aliphatic heterocycles. The molecule has 5 heteroatoms. The molecule has 0 atom stereocenters. The van der Waals surface area contributed by atoms with E-state index < -0.39 is 0 Å². The Balaban J connectivity index is 1.12. The topological polar surface area (TPSA) is 6.48 Å². The Labute approximate surface area is 432 Å². The zero-order valence-corrected chi connectivity index (χ0v) is 44.1. The molecular weight excluding hydrogens is 908 g/mol. The number of hydrogen-bond donors (Lipinski definition) is 0. The fourth-order valence-electron chi connectivity index (χ4n) is 12.6. The van der Waals surface area contributed by atoms with Crippen molar-refractivity contribution >= 4 is 109 Å². The third-order valence-electron chi connectivity index (χ3n) is 16.7. The van der Waals surface area contributed by atoms with Crippen LogP contribution >= 0.6 is 22.7 Å². The highest BCUT2D eigenvalue weighted by atomic mass is 32.1. The van der Waals surface area contributed by atoms with E-state index in [1.165, 1.54) is 148 Å². The second-order valence-corrected chi connectivity index (χ2v) is 25.4. The monoisotopic (exact) mass is 964 g/mol. The molecule has 0 fully saturated rings. The molecule has 0 spiro atoms. The number of fused-ring (bicyclic) bond motifs is 11. The van der Waals surface area contributed by atoms with Gasteiger partial charge in [-0.25, -0.2) is 0 Å². The Kier molecular flexibility index (Phi) is 9.47. The number of aryl methyl sites for hydroxylation is 1. The SMILES string of the molecule is Cc1cc2c3c(c1)N(c1ccc(C(C)(C)C)cc1-c1ccccc1)c1c(sc4cc5c(cc14)C(C)(C)CCC5(C)C)B3N(c1ccc(-c3ccccc3)cc1)c1cc3c(cc1-2)sc1cc2ccccc2cc13. The van der Waals surface area contributed by atoms with Crippen molar-refractivity contribution in [2.75, 3.05) is 9.71 Å². The van der Waals surface area contributed by atoms with Crippen molar-refractivity contribution < 1.29 is 0 Å². The Bertz CT molecular complexity index is 4040. The molecular formula is C67H57BN2S2. The number of benzene rings is 9. The van der Waals surface area contributed by atoms with E-state index in [9.17, 15) is 0 Å². The second kappa shape index (κ2) is 15.5. The van der Waals surface area contributed by atoms with Gasteiger partial charge in [0, 0.05) is 63.2 Å². The van der Waals surface area contributed by atoms with Crippen LogP contribution in [0.15, 0.2) is 176 Å². The molecule has 0 radical (unpaired) electrons. The molecule has 0 unspecified atom stereocenters. The molecule has 11 aromatic rings. The van der Waals surface area contributed by atoms with Crippen molar-refractivity contribution in [3.05, 3.63) is 198 Å². The normalized spacial score (nSPS) is 15.5. The molecule has 2 nitrogen and oxygen atoms in total. The number of thiophene rings is 2. The molecule has 0 saturated carbocycles. The van der Waals surface area contributed by atoms with Crippen molar-refractivity contribution in [3.8, 4) is 33.4 Å². The number of rotatable bonds is 4. The van der Waals surface area contributed by atoms with Gasteiger partial charge in [0.05, 0.1) is 11.4 Å². The van der Waals surface area contributed by atoms with Gasteiger partial charge in [-0.3, -0.25) is 0 Å². The third-order valence-corrected chi connectivity index (χ3v) is 19.0. The average molecular weight is 965 g/mol. The molecule has 72 heavy (non-hydrogen) atoms. The van der Waals surface area contributed by atoms with Crippen LogP contribution < -0.4 is 20.0 Å². The Morgan fingerprint density at radius 3 is 1.81 bits per heavy atom. The third kappa shape index (κ3) is 6.59. The second-order valence-electron chi connectivity index (χ2n) is 23.3. The summed E-state index contributed by atoms with van der Waals surface area (Å²) in [5.41, 5.74) is 20.9. The van der Waals surface area contributed by atoms with E-state index in [-0.39, 0.29) is 23.1 Å². The van der Waals surface area contributed by atoms with Crippen molar-refractivity contribution in [1.82, 2.24) is 0 Å². The lowest BCUT2D eigenvalue weighted by molar-refractivity contribution is 0.332. The van der Waals surface area contributed by atoms with Crippen LogP contribution in [-0.4, -0.2) is 6.85 Å². The summed E-state index contributed by atoms with van der Waals surface area (Å²) in [6.45, 7) is 19.1. The lowest BCUT2D eigenvalue weighted by atomic mass is 9.46. The van der Waals surface area contributed by atoms with Crippen LogP contribution in [0.3, 0.4) is 0 Å². The fraction of sp³-hybridized carbons (Fsp3) is 0.194. The van der Waals surface area contributed by atoms with Gasteiger partial charge in [0.25, 0.3) is 0 Å². The van der Waals surface area contributed by atoms with Gasteiger partial charge in [-0.1, -0.05) is 158 Å². The predicted octanol–water partition coefficient (Wildman–Crippen LogP) is 18.4. The van der Waals surface area contributed by atoms with E-state index in [0.717, 1.165) is 0 Å². The Hall–Kier alpha value is -6.92. The van der Waals surface area contributed by atoms with E-state index >= 15 is 0 Å². The lowest BCUT2D eigenvalue weighted by Gasteiger charge is -2.45. The molecule has 4 heterocycles. The largest absolute Gasteiger partial charge is 0.376 e. The summed E-state index contributed by atoms with van der Waals surface area (Å²) in [7, 11) is 0. The van der Waals surface area contributed by atoms with Crippen LogP contribution in [0.4, 0.5) is 28.4 Å². The molecule has 14 rings (SSSR count). The maximum Gasteiger partial charge on any atom is 0.343 e. The molecule has 0 N–H and O–H groups in total. The van der Waals surface area contributed by atoms with Crippen LogP contribution in [0.1, 0.15) is 83.6 Å². The van der Waals surface area contributed by atoms with Crippen molar-refractivity contribution in [2.24, 2.45) is 0 Å². The highest BCUT2D eigenvalue weighted by Gasteiger charge is 2.48. The molecule has 3 aliphatic rings. The predicted molar refractivity (Wildman–Crippen MR) is 316 cm³/mol. The summed E-state index contributed by atoms with van der Waals surface area (Å²) >= 11 is 3.95. The maximum absolute atomic E-state index is 2.73. The number of anilines is 5. The minimum absolute atomic E-state index is 0.0276. The first kappa shape index (κ1) is 43.8. The van der Waals surface area contributed by atoms with Gasteiger partial charge in [-0.2, -0.15) is 0 Å². The standard InChI is InChI=1S/C67H57BN2S2/c1-40-31-52-49-38-60-51(50-33-44-21-15-16-22-45(44)34-59(50)71-60)37-57(49)70(47-26-23-42(24-27-47)41-17-11-9-12-18-41)68-62(52)58(32-40)69(56-28-25-46(65(2,3)4)35-48(56)43-19-13-10-14-20-43)63-53-36-54-55(39-61(53)72-64(63)68)67(7,8)30-29-66(54,5)6/h9-28,31-39H,29-30H2,1-8H3. The van der Waals surface area contributed by atoms with Gasteiger partial charge in [-0.05, 0) is 163 Å². The van der Waals surface area contributed by atoms with Gasteiger partial charge >= 0.3 is 6.85 Å². The minimum Gasteiger partial charge on any atom is -0.376 e. The van der Waals surface area contributed by atoms with Crippen molar-refractivity contribution in [1.29, 1.82) is 0 Å². The minimum atomic E-state index is -0.0930. The molecule has 0 saturated heterocycles. The summed E-state index contributed by atoms with van der Waals surface area (Å²) in [4.78, 5) is 5.44. The van der Waals surface area contributed by atoms with E-state index in [2.05, 4.69) is 241 Å². The molecule has 2 aromatic heterocycles. The summed E-state index contributed by atoms with van der Waals surface area (Å²) in [5, 5.41) is 6.56. The zero-order chi connectivity index (χ0) is 49.0. The maximum atomic E-state index is 2.73. The highest BCUT2D eigenvalue weighted by molar-refractivity contribution is 7.32. The molecule has 9 aromatic carbocycles. The van der Waals surface area contributed by atoms with Crippen LogP contribution in [0.2, 0.25) is 0 Å². The first-order chi connectivity index (χ1) is 34.7. The van der Waals surface area contributed by atoms with Gasteiger partial charge < -0.3 is 9.71 Å². The van der Waals surface area contributed by atoms with Gasteiger partial charge in [0.1, 0.15) is 0 Å². The van der Waals surface area contributed by atoms with Crippen LogP contribution in [0.25, 0.3) is 74.4 Å². The van der Waals surface area contributed by atoms with Crippen LogP contribution in [0, 0.1) is 6.92 Å². The van der Waals surface area contributed by atoms with E-state index in [4.69, 9.17) is 0 Å². The van der Waals surface area contributed by atoms with Gasteiger partial charge in [-0.15, -0.1) is 22.7 Å². The Morgan fingerprint density at radius 1 is 0.486 bits per heavy atom. The average Bonchev–Trinajstić information content (AvgIpc) is 3.93. The zero-order valence-electron chi connectivity index (χ0n) is 42.4. The van der Waals surface area contributed by atoms with Gasteiger partial charge in [0.2, 0.25) is 0 Å². The molecule has 1 aliphatic carbocycles. The summed E-state index contributed by atoms with van der Waals surface area (Å²) in [6.07, 6.45) is 2.35. The highest BCUT2D eigenvalue weighted by Crippen LogP contribution is 2.56. The first-order valence-electron chi connectivity index (χ1n) is 25.8. The molecule has 0 amide bonds. The summed E-state index contributed by atoms with van der Waals surface area (Å²) in [6, 6.07) is 67.7. The lowest BCUT2D eigenvalue weighted by Crippen LogP contribution is -2.60. The van der Waals surface area contributed by atoms with Crippen molar-refractivity contribution in [2.45, 2.75) is 84.5 Å². The van der Waals surface area contributed by atoms with Crippen LogP contribution in [0.5, 0.6) is 0 Å². The van der Waals surface area contributed by atoms with E-state index in [1.807, 2.05) is 22.7 Å². The molecule has 350 valence electrons.